The molecule has 0 amide bonds. The van der Waals surface area contributed by atoms with E-state index >= 15 is 0 Å². The van der Waals surface area contributed by atoms with E-state index in [0.717, 1.165) is 22.9 Å². The van der Waals surface area contributed by atoms with E-state index in [4.69, 9.17) is 20.9 Å². The highest BCUT2D eigenvalue weighted by molar-refractivity contribution is 5.47. The van der Waals surface area contributed by atoms with E-state index < -0.39 is 0 Å². The topological polar surface area (TPSA) is 95.2 Å². The molecule has 0 fully saturated rings. The van der Waals surface area contributed by atoms with Crippen LogP contribution >= 0.6 is 0 Å². The molecule has 0 aliphatic rings. The summed E-state index contributed by atoms with van der Waals surface area (Å²) >= 11 is 0. The van der Waals surface area contributed by atoms with Crippen LogP contribution in [-0.2, 0) is 0 Å². The van der Waals surface area contributed by atoms with E-state index in [1.54, 1.807) is 24.3 Å². The molecule has 6 nitrogen and oxygen atoms in total. The first kappa shape index (κ1) is 19.0. The number of hydrogen-bond donors (Lipinski definition) is 2. The molecule has 0 spiro atoms. The number of nitrogen functional groups attached to an aromatic ring is 2. The average Bonchev–Trinajstić information content (AvgIpc) is 2.77. The Labute approximate surface area is 174 Å². The fraction of sp³-hybridized carbons (Fsp3) is 0. The van der Waals surface area contributed by atoms with E-state index in [9.17, 15) is 0 Å². The van der Waals surface area contributed by atoms with Crippen molar-refractivity contribution in [1.29, 1.82) is 0 Å². The molecule has 0 atom stereocenters. The third kappa shape index (κ3) is 5.14. The van der Waals surface area contributed by atoms with Gasteiger partial charge < -0.3 is 20.9 Å². The Balaban J connectivity index is 1.36. The molecular formula is C24H20N4O2. The normalized spacial score (nSPS) is 10.8. The van der Waals surface area contributed by atoms with Gasteiger partial charge in [-0.3, -0.25) is 0 Å². The van der Waals surface area contributed by atoms with Gasteiger partial charge in [0.2, 0.25) is 0 Å². The Kier molecular flexibility index (Phi) is 5.57. The lowest BCUT2D eigenvalue weighted by molar-refractivity contribution is 0.482. The Morgan fingerprint density at radius 1 is 0.400 bits per heavy atom. The highest BCUT2D eigenvalue weighted by Gasteiger charge is 2.00. The summed E-state index contributed by atoms with van der Waals surface area (Å²) in [5, 5.41) is 8.52. The van der Waals surface area contributed by atoms with Gasteiger partial charge >= 0.3 is 0 Å². The van der Waals surface area contributed by atoms with Crippen molar-refractivity contribution in [2.24, 2.45) is 10.2 Å². The van der Waals surface area contributed by atoms with E-state index in [1.807, 2.05) is 72.8 Å². The minimum Gasteiger partial charge on any atom is -0.457 e. The molecule has 4 rings (SSSR count). The number of rotatable bonds is 6. The third-order valence-electron chi connectivity index (χ3n) is 4.19. The highest BCUT2D eigenvalue weighted by Crippen LogP contribution is 2.27. The quantitative estimate of drug-likeness (QED) is 0.275. The number of anilines is 2. The van der Waals surface area contributed by atoms with Gasteiger partial charge in [0, 0.05) is 11.4 Å². The zero-order valence-corrected chi connectivity index (χ0v) is 16.1. The number of benzene rings is 4. The summed E-state index contributed by atoms with van der Waals surface area (Å²) in [6, 6.07) is 29.2. The van der Waals surface area contributed by atoms with Crippen LogP contribution in [0, 0.1) is 0 Å². The molecule has 0 aliphatic heterocycles. The first-order valence-electron chi connectivity index (χ1n) is 9.33. The van der Waals surface area contributed by atoms with Gasteiger partial charge in [0.25, 0.3) is 0 Å². The lowest BCUT2D eigenvalue weighted by Gasteiger charge is -2.06. The van der Waals surface area contributed by atoms with Gasteiger partial charge in [-0.1, -0.05) is 0 Å². The van der Waals surface area contributed by atoms with Crippen LogP contribution in [0.3, 0.4) is 0 Å². The minimum atomic E-state index is 0.697. The molecule has 6 heteroatoms. The molecule has 0 aliphatic carbocycles. The van der Waals surface area contributed by atoms with Crippen LogP contribution in [-0.4, -0.2) is 0 Å². The Hall–Kier alpha value is -4.32. The van der Waals surface area contributed by atoms with Crippen molar-refractivity contribution in [2.75, 3.05) is 11.5 Å². The lowest BCUT2D eigenvalue weighted by Crippen LogP contribution is -1.86. The molecule has 0 saturated carbocycles. The smallest absolute Gasteiger partial charge is 0.127 e. The molecule has 0 bridgehead atoms. The van der Waals surface area contributed by atoms with Crippen LogP contribution in [0.25, 0.3) is 0 Å². The van der Waals surface area contributed by atoms with Crippen molar-refractivity contribution in [3.05, 3.63) is 97.1 Å². The maximum absolute atomic E-state index is 5.77. The number of nitrogens with two attached hydrogens (primary N) is 2. The van der Waals surface area contributed by atoms with Crippen molar-refractivity contribution in [3.63, 3.8) is 0 Å². The second-order valence-electron chi connectivity index (χ2n) is 6.53. The summed E-state index contributed by atoms with van der Waals surface area (Å²) in [6.45, 7) is 0. The van der Waals surface area contributed by atoms with Gasteiger partial charge in [0.1, 0.15) is 23.0 Å². The van der Waals surface area contributed by atoms with Crippen molar-refractivity contribution < 1.29 is 9.47 Å². The lowest BCUT2D eigenvalue weighted by atomic mass is 10.3. The molecule has 4 aromatic rings. The SMILES string of the molecule is Nc1ccc(Oc2ccc(N=Nc3ccc(Oc4ccc(N)cc4)cc3)cc2)cc1. The maximum Gasteiger partial charge on any atom is 0.127 e. The zero-order valence-electron chi connectivity index (χ0n) is 16.1. The molecule has 0 unspecified atom stereocenters. The van der Waals surface area contributed by atoms with E-state index in [2.05, 4.69) is 10.2 Å². The number of ether oxygens (including phenoxy) is 2. The van der Waals surface area contributed by atoms with Crippen molar-refractivity contribution in [2.45, 2.75) is 0 Å². The summed E-state index contributed by atoms with van der Waals surface area (Å²) < 4.78 is 11.5. The number of nitrogens with zero attached hydrogens (tertiary/aromatic N) is 2. The van der Waals surface area contributed by atoms with Crippen LogP contribution in [0.2, 0.25) is 0 Å². The zero-order chi connectivity index (χ0) is 20.8. The Morgan fingerprint density at radius 2 is 0.667 bits per heavy atom. The predicted molar refractivity (Wildman–Crippen MR) is 119 cm³/mol. The Morgan fingerprint density at radius 3 is 0.967 bits per heavy atom. The largest absolute Gasteiger partial charge is 0.457 e. The second kappa shape index (κ2) is 8.79. The van der Waals surface area contributed by atoms with Crippen molar-refractivity contribution in [1.82, 2.24) is 0 Å². The molecule has 4 N–H and O–H groups in total. The first-order valence-corrected chi connectivity index (χ1v) is 9.33. The molecule has 0 radical (unpaired) electrons. The van der Waals surface area contributed by atoms with Crippen molar-refractivity contribution >= 4 is 22.7 Å². The van der Waals surface area contributed by atoms with Crippen LogP contribution in [0.1, 0.15) is 0 Å². The molecule has 4 aromatic carbocycles. The standard InChI is InChI=1S/C24H20N4O2/c25-17-1-9-21(10-2-17)29-23-13-5-19(6-14-23)27-28-20-7-15-24(16-8-20)30-22-11-3-18(26)4-12-22/h1-16H,25-26H2. The third-order valence-corrected chi connectivity index (χ3v) is 4.19. The van der Waals surface area contributed by atoms with E-state index in [1.165, 1.54) is 0 Å². The van der Waals surface area contributed by atoms with Crippen LogP contribution in [0.4, 0.5) is 22.7 Å². The highest BCUT2D eigenvalue weighted by atomic mass is 16.5. The number of azo groups is 1. The fourth-order valence-corrected chi connectivity index (χ4v) is 2.62. The second-order valence-corrected chi connectivity index (χ2v) is 6.53. The van der Waals surface area contributed by atoms with Gasteiger partial charge in [-0.2, -0.15) is 10.2 Å². The molecule has 0 saturated heterocycles. The summed E-state index contributed by atoms with van der Waals surface area (Å²) in [6.07, 6.45) is 0. The monoisotopic (exact) mass is 396 g/mol. The van der Waals surface area contributed by atoms with Crippen LogP contribution in [0.15, 0.2) is 107 Å². The van der Waals surface area contributed by atoms with Gasteiger partial charge in [-0.15, -0.1) is 0 Å². The van der Waals surface area contributed by atoms with Gasteiger partial charge in [0.15, 0.2) is 0 Å². The van der Waals surface area contributed by atoms with Crippen LogP contribution in [0.5, 0.6) is 23.0 Å². The van der Waals surface area contributed by atoms with E-state index in [-0.39, 0.29) is 0 Å². The summed E-state index contributed by atoms with van der Waals surface area (Å²) in [5.74, 6) is 2.87. The minimum absolute atomic E-state index is 0.697. The molecule has 148 valence electrons. The van der Waals surface area contributed by atoms with Gasteiger partial charge in [0.05, 0.1) is 11.4 Å². The van der Waals surface area contributed by atoms with Crippen LogP contribution < -0.4 is 20.9 Å². The molecule has 0 aromatic heterocycles. The maximum atomic E-state index is 5.77. The summed E-state index contributed by atoms with van der Waals surface area (Å²) in [5.41, 5.74) is 14.2. The summed E-state index contributed by atoms with van der Waals surface area (Å²) in [7, 11) is 0. The number of hydrogen-bond acceptors (Lipinski definition) is 6. The van der Waals surface area contributed by atoms with Gasteiger partial charge in [-0.25, -0.2) is 0 Å². The summed E-state index contributed by atoms with van der Waals surface area (Å²) in [4.78, 5) is 0. The molecule has 0 heterocycles. The average molecular weight is 396 g/mol. The predicted octanol–water partition coefficient (Wildman–Crippen LogP) is 6.85. The van der Waals surface area contributed by atoms with E-state index in [0.29, 0.717) is 22.9 Å². The molecule has 30 heavy (non-hydrogen) atoms. The van der Waals surface area contributed by atoms with Crippen molar-refractivity contribution in [3.8, 4) is 23.0 Å². The Bertz CT molecular complexity index is 1030. The van der Waals surface area contributed by atoms with Gasteiger partial charge in [-0.05, 0) is 97.1 Å². The fourth-order valence-electron chi connectivity index (χ4n) is 2.62. The first-order chi connectivity index (χ1) is 14.6. The molecular weight excluding hydrogens is 376 g/mol.